The highest BCUT2D eigenvalue weighted by molar-refractivity contribution is 7.21. The van der Waals surface area contributed by atoms with Gasteiger partial charge >= 0.3 is 0 Å². The van der Waals surface area contributed by atoms with E-state index in [0.29, 0.717) is 5.75 Å². The summed E-state index contributed by atoms with van der Waals surface area (Å²) in [6.45, 7) is 0. The molecule has 0 amide bonds. The van der Waals surface area contributed by atoms with E-state index in [1.807, 2.05) is 18.2 Å². The number of methoxy groups -OCH3 is 2. The minimum atomic E-state index is -0.129. The van der Waals surface area contributed by atoms with E-state index >= 15 is 0 Å². The normalized spacial score (nSPS) is 10.8. The smallest absolute Gasteiger partial charge is 0.221 e. The summed E-state index contributed by atoms with van der Waals surface area (Å²) in [5.74, 6) is 1.10. The predicted molar refractivity (Wildman–Crippen MR) is 75.6 cm³/mol. The molecule has 1 aromatic rings. The van der Waals surface area contributed by atoms with Crippen LogP contribution in [0.1, 0.15) is 0 Å². The van der Waals surface area contributed by atoms with Crippen LogP contribution in [0.25, 0.3) is 20.8 Å². The summed E-state index contributed by atoms with van der Waals surface area (Å²) in [6, 6.07) is 8.93. The first-order valence-electron chi connectivity index (χ1n) is 5.68. The van der Waals surface area contributed by atoms with Gasteiger partial charge in [0, 0.05) is 12.1 Å². The fourth-order valence-electron chi connectivity index (χ4n) is 1.90. The van der Waals surface area contributed by atoms with Crippen molar-refractivity contribution in [1.82, 2.24) is 4.98 Å². The second kappa shape index (κ2) is 4.51. The number of hydrogen-bond donors (Lipinski definition) is 0. The number of aromatic nitrogens is 1. The maximum Gasteiger partial charge on any atom is 0.221 e. The van der Waals surface area contributed by atoms with Crippen LogP contribution < -0.4 is 14.9 Å². The molecule has 0 fully saturated rings. The first-order chi connectivity index (χ1) is 9.21. The molecule has 0 saturated heterocycles. The van der Waals surface area contributed by atoms with Crippen LogP contribution in [-0.2, 0) is 0 Å². The number of fused-ring (bicyclic) bond motifs is 2. The Morgan fingerprint density at radius 1 is 1.11 bits per heavy atom. The number of nitrogens with zero attached hydrogens (tertiary/aromatic N) is 1. The van der Waals surface area contributed by atoms with E-state index in [4.69, 9.17) is 9.47 Å². The Balaban J connectivity index is 2.33. The van der Waals surface area contributed by atoms with Crippen molar-refractivity contribution in [3.63, 3.8) is 0 Å². The van der Waals surface area contributed by atoms with E-state index in [1.54, 1.807) is 19.2 Å². The minimum absolute atomic E-state index is 0.129. The molecule has 96 valence electrons. The third-order valence-electron chi connectivity index (χ3n) is 2.87. The van der Waals surface area contributed by atoms with Crippen molar-refractivity contribution in [2.24, 2.45) is 0 Å². The molecular weight excluding hydrogens is 262 g/mol. The van der Waals surface area contributed by atoms with Gasteiger partial charge in [-0.15, -0.1) is 11.3 Å². The Morgan fingerprint density at radius 3 is 2.68 bits per heavy atom. The highest BCUT2D eigenvalue weighted by atomic mass is 32.1. The van der Waals surface area contributed by atoms with E-state index in [-0.39, 0.29) is 5.43 Å². The molecule has 1 aromatic carbocycles. The SMILES string of the molecule is COc1ccc2nc3cc(OC)c(=O)cc-3sc2c1. The molecule has 1 aliphatic heterocycles. The molecular formula is C14H11NO3S. The van der Waals surface area contributed by atoms with E-state index < -0.39 is 0 Å². The zero-order valence-electron chi connectivity index (χ0n) is 10.5. The quantitative estimate of drug-likeness (QED) is 0.674. The van der Waals surface area contributed by atoms with Gasteiger partial charge in [-0.3, -0.25) is 4.79 Å². The van der Waals surface area contributed by atoms with Crippen molar-refractivity contribution < 1.29 is 9.47 Å². The zero-order chi connectivity index (χ0) is 13.4. The van der Waals surface area contributed by atoms with E-state index in [2.05, 4.69) is 4.98 Å². The van der Waals surface area contributed by atoms with E-state index in [0.717, 1.165) is 26.5 Å². The van der Waals surface area contributed by atoms with Gasteiger partial charge < -0.3 is 9.47 Å². The van der Waals surface area contributed by atoms with Crippen molar-refractivity contribution >= 4 is 21.6 Å². The van der Waals surface area contributed by atoms with Gasteiger partial charge in [0.05, 0.1) is 35.0 Å². The molecule has 19 heavy (non-hydrogen) atoms. The van der Waals surface area contributed by atoms with Crippen LogP contribution in [0.2, 0.25) is 0 Å². The molecule has 0 saturated carbocycles. The Kier molecular flexibility index (Phi) is 2.83. The third-order valence-corrected chi connectivity index (χ3v) is 3.97. The van der Waals surface area contributed by atoms with E-state index in [9.17, 15) is 4.79 Å². The lowest BCUT2D eigenvalue weighted by molar-refractivity contribution is 0.411. The molecule has 3 rings (SSSR count). The molecule has 1 aliphatic carbocycles. The van der Waals surface area contributed by atoms with Crippen LogP contribution in [0.15, 0.2) is 35.1 Å². The molecule has 0 bridgehead atoms. The molecule has 0 aromatic heterocycles. The summed E-state index contributed by atoms with van der Waals surface area (Å²) in [6.07, 6.45) is 0. The third kappa shape index (κ3) is 2.02. The molecule has 0 spiro atoms. The molecule has 0 unspecified atom stereocenters. The number of hydrogen-bond acceptors (Lipinski definition) is 5. The fourth-order valence-corrected chi connectivity index (χ4v) is 2.91. The largest absolute Gasteiger partial charge is 0.497 e. The fraction of sp³-hybridized carbons (Fsp3) is 0.143. The average Bonchev–Trinajstić information content (AvgIpc) is 2.44. The number of ether oxygens (including phenoxy) is 2. The Morgan fingerprint density at radius 2 is 1.95 bits per heavy atom. The lowest BCUT2D eigenvalue weighted by Crippen LogP contribution is -2.05. The highest BCUT2D eigenvalue weighted by Crippen LogP contribution is 2.32. The maximum atomic E-state index is 11.8. The van der Waals surface area contributed by atoms with Crippen molar-refractivity contribution in [1.29, 1.82) is 0 Å². The highest BCUT2D eigenvalue weighted by Gasteiger charge is 2.12. The summed E-state index contributed by atoms with van der Waals surface area (Å²) in [5, 5.41) is 0. The zero-order valence-corrected chi connectivity index (χ0v) is 11.3. The molecule has 0 N–H and O–H groups in total. The number of rotatable bonds is 2. The topological polar surface area (TPSA) is 48.4 Å². The lowest BCUT2D eigenvalue weighted by Gasteiger charge is -2.08. The van der Waals surface area contributed by atoms with Crippen LogP contribution >= 0.6 is 11.3 Å². The Hall–Kier alpha value is -2.14. The second-order valence-corrected chi connectivity index (χ2v) is 5.10. The van der Waals surface area contributed by atoms with Crippen molar-refractivity contribution in [2.75, 3.05) is 14.2 Å². The average molecular weight is 273 g/mol. The van der Waals surface area contributed by atoms with Gasteiger partial charge in [-0.25, -0.2) is 4.98 Å². The molecule has 0 radical (unpaired) electrons. The van der Waals surface area contributed by atoms with Crippen molar-refractivity contribution in [3.05, 3.63) is 40.6 Å². The van der Waals surface area contributed by atoms with Crippen molar-refractivity contribution in [3.8, 4) is 22.1 Å². The van der Waals surface area contributed by atoms with Crippen LogP contribution in [0, 0.1) is 0 Å². The molecule has 4 nitrogen and oxygen atoms in total. The van der Waals surface area contributed by atoms with Crippen LogP contribution in [0.3, 0.4) is 0 Å². The molecule has 5 heteroatoms. The minimum Gasteiger partial charge on any atom is -0.497 e. The van der Waals surface area contributed by atoms with Crippen molar-refractivity contribution in [2.45, 2.75) is 0 Å². The summed E-state index contributed by atoms with van der Waals surface area (Å²) in [7, 11) is 3.11. The summed E-state index contributed by atoms with van der Waals surface area (Å²) >= 11 is 1.52. The second-order valence-electron chi connectivity index (χ2n) is 4.02. The van der Waals surface area contributed by atoms with Gasteiger partial charge in [0.25, 0.3) is 0 Å². The van der Waals surface area contributed by atoms with Gasteiger partial charge in [-0.1, -0.05) is 0 Å². The predicted octanol–water partition coefficient (Wildman–Crippen LogP) is 2.78. The molecule has 2 aliphatic rings. The monoisotopic (exact) mass is 273 g/mol. The first-order valence-corrected chi connectivity index (χ1v) is 6.49. The van der Waals surface area contributed by atoms with Crippen LogP contribution in [0.5, 0.6) is 11.5 Å². The van der Waals surface area contributed by atoms with Gasteiger partial charge in [0.2, 0.25) is 5.43 Å². The van der Waals surface area contributed by atoms with Gasteiger partial charge in [0.15, 0.2) is 5.75 Å². The summed E-state index contributed by atoms with van der Waals surface area (Å²) in [5.41, 5.74) is 1.51. The Labute approximate surface area is 113 Å². The van der Waals surface area contributed by atoms with Gasteiger partial charge in [0.1, 0.15) is 5.75 Å². The summed E-state index contributed by atoms with van der Waals surface area (Å²) in [4.78, 5) is 17.1. The summed E-state index contributed by atoms with van der Waals surface area (Å²) < 4.78 is 11.2. The first kappa shape index (κ1) is 11.9. The lowest BCUT2D eigenvalue weighted by atomic mass is 10.2. The van der Waals surface area contributed by atoms with E-state index in [1.165, 1.54) is 18.4 Å². The molecule has 1 heterocycles. The van der Waals surface area contributed by atoms with Crippen LogP contribution in [0.4, 0.5) is 0 Å². The Bertz CT molecular complexity index is 781. The van der Waals surface area contributed by atoms with Gasteiger partial charge in [-0.2, -0.15) is 0 Å². The maximum absolute atomic E-state index is 11.8. The molecule has 0 atom stereocenters. The standard InChI is InChI=1S/C14H11NO3S/c1-17-8-3-4-9-13(5-8)19-14-7-11(16)12(18-2)6-10(14)15-9/h3-7H,1-2H3. The van der Waals surface area contributed by atoms with Crippen LogP contribution in [-0.4, -0.2) is 19.2 Å². The van der Waals surface area contributed by atoms with Gasteiger partial charge in [-0.05, 0) is 18.2 Å². The number of benzene rings is 2.